The number of para-hydroxylation sites is 2. The molecule has 0 radical (unpaired) electrons. The molecule has 0 amide bonds. The molecule has 4 aromatic heterocycles. The molecule has 6 heteroatoms. The summed E-state index contributed by atoms with van der Waals surface area (Å²) < 4.78 is 4.49. The molecule has 0 fully saturated rings. The Labute approximate surface area is 380 Å². The molecule has 0 saturated heterocycles. The summed E-state index contributed by atoms with van der Waals surface area (Å²) in [6.07, 6.45) is 3.68. The highest BCUT2D eigenvalue weighted by Gasteiger charge is 2.24. The van der Waals surface area contributed by atoms with Gasteiger partial charge in [0.2, 0.25) is 0 Å². The number of aromatic nitrogens is 4. The van der Waals surface area contributed by atoms with Gasteiger partial charge in [-0.25, -0.2) is 0 Å². The van der Waals surface area contributed by atoms with Crippen molar-refractivity contribution < 1.29 is 0 Å². The van der Waals surface area contributed by atoms with E-state index in [-0.39, 0.29) is 0 Å². The van der Waals surface area contributed by atoms with Crippen molar-refractivity contribution in [2.45, 2.75) is 0 Å². The number of hydrogen-bond acceptors (Lipinski definition) is 4. The van der Waals surface area contributed by atoms with Crippen LogP contribution in [0.2, 0.25) is 0 Å². The second-order valence-electron chi connectivity index (χ2n) is 16.4. The van der Waals surface area contributed by atoms with Gasteiger partial charge in [0.05, 0.1) is 56.5 Å². The van der Waals surface area contributed by atoms with Crippen LogP contribution in [0.25, 0.3) is 111 Å². The first-order valence-electron chi connectivity index (χ1n) is 21.8. The van der Waals surface area contributed by atoms with Crippen LogP contribution in [0.4, 0.5) is 0 Å². The molecule has 6 nitrogen and oxygen atoms in total. The SMILES string of the molecule is N#Cc1cccc(-c2cc(-n3c4ccccc4c4ccc(-c5cccnc5-c5ccccc5)cc43)c(C#N)c(-n3c4ccccc4c4ccc(-c5cccnc5-c5ccccc5)cc43)c2)c1. The Morgan fingerprint density at radius 1 is 0.333 bits per heavy atom. The molecule has 0 aliphatic carbocycles. The predicted octanol–water partition coefficient (Wildman–Crippen LogP) is 14.7. The molecule has 4 heterocycles. The van der Waals surface area contributed by atoms with Gasteiger partial charge in [-0.2, -0.15) is 10.5 Å². The molecule has 12 aromatic rings. The summed E-state index contributed by atoms with van der Waals surface area (Å²) in [6, 6.07) is 75.7. The maximum atomic E-state index is 11.7. The Hall–Kier alpha value is -9.36. The summed E-state index contributed by atoms with van der Waals surface area (Å²) in [5.74, 6) is 0. The number of nitrogens with zero attached hydrogens (tertiary/aromatic N) is 6. The van der Waals surface area contributed by atoms with Gasteiger partial charge >= 0.3 is 0 Å². The maximum absolute atomic E-state index is 11.7. The molecule has 66 heavy (non-hydrogen) atoms. The monoisotopic (exact) mass is 840 g/mol. The van der Waals surface area contributed by atoms with E-state index in [1.54, 1.807) is 0 Å². The first kappa shape index (κ1) is 38.3. The van der Waals surface area contributed by atoms with Gasteiger partial charge in [0.25, 0.3) is 0 Å². The zero-order valence-corrected chi connectivity index (χ0v) is 35.5. The van der Waals surface area contributed by atoms with Gasteiger partial charge < -0.3 is 9.13 Å². The van der Waals surface area contributed by atoms with Crippen LogP contribution in [-0.4, -0.2) is 19.1 Å². The highest BCUT2D eigenvalue weighted by Crippen LogP contribution is 2.43. The van der Waals surface area contributed by atoms with Crippen LogP contribution in [0.3, 0.4) is 0 Å². The molecule has 0 aliphatic rings. The molecule has 0 aliphatic heterocycles. The van der Waals surface area contributed by atoms with Crippen LogP contribution in [0.15, 0.2) is 219 Å². The van der Waals surface area contributed by atoms with Gasteiger partial charge in [0, 0.05) is 56.2 Å². The molecule has 0 saturated carbocycles. The predicted molar refractivity (Wildman–Crippen MR) is 267 cm³/mol. The Morgan fingerprint density at radius 3 is 1.30 bits per heavy atom. The summed E-state index contributed by atoms with van der Waals surface area (Å²) in [6.45, 7) is 0. The lowest BCUT2D eigenvalue weighted by molar-refractivity contribution is 1.12. The maximum Gasteiger partial charge on any atom is 0.104 e. The summed E-state index contributed by atoms with van der Waals surface area (Å²) in [5, 5.41) is 26.0. The number of fused-ring (bicyclic) bond motifs is 6. The topological polar surface area (TPSA) is 83.2 Å². The smallest absolute Gasteiger partial charge is 0.104 e. The molecule has 0 spiro atoms. The number of nitriles is 2. The third-order valence-corrected chi connectivity index (χ3v) is 12.7. The first-order valence-corrected chi connectivity index (χ1v) is 21.8. The van der Waals surface area contributed by atoms with Gasteiger partial charge in [0.1, 0.15) is 11.6 Å². The quantitative estimate of drug-likeness (QED) is 0.160. The van der Waals surface area contributed by atoms with Crippen LogP contribution in [0, 0.1) is 22.7 Å². The van der Waals surface area contributed by atoms with E-state index in [1.807, 2.05) is 85.2 Å². The molecule has 0 atom stereocenters. The highest BCUT2D eigenvalue weighted by molar-refractivity contribution is 6.12. The second kappa shape index (κ2) is 15.8. The van der Waals surface area contributed by atoms with Crippen LogP contribution in [-0.2, 0) is 0 Å². The van der Waals surface area contributed by atoms with Crippen LogP contribution in [0.5, 0.6) is 0 Å². The normalized spacial score (nSPS) is 11.3. The van der Waals surface area contributed by atoms with Gasteiger partial charge in [-0.3, -0.25) is 9.97 Å². The van der Waals surface area contributed by atoms with Crippen molar-refractivity contribution in [1.29, 1.82) is 10.5 Å². The number of rotatable bonds is 7. The van der Waals surface area contributed by atoms with E-state index in [1.165, 1.54) is 0 Å². The van der Waals surface area contributed by atoms with Crippen molar-refractivity contribution in [3.05, 3.63) is 230 Å². The highest BCUT2D eigenvalue weighted by atomic mass is 15.0. The number of benzene rings is 8. The van der Waals surface area contributed by atoms with Crippen molar-refractivity contribution in [2.75, 3.05) is 0 Å². The van der Waals surface area contributed by atoms with E-state index in [9.17, 15) is 10.5 Å². The molecule has 0 N–H and O–H groups in total. The summed E-state index contributed by atoms with van der Waals surface area (Å²) in [5.41, 5.74) is 16.0. The van der Waals surface area contributed by atoms with Gasteiger partial charge in [-0.05, 0) is 82.9 Å². The third-order valence-electron chi connectivity index (χ3n) is 12.7. The average Bonchev–Trinajstić information content (AvgIpc) is 3.90. The fourth-order valence-electron chi connectivity index (χ4n) is 9.74. The second-order valence-corrected chi connectivity index (χ2v) is 16.4. The minimum absolute atomic E-state index is 0.508. The number of hydrogen-bond donors (Lipinski definition) is 0. The standard InChI is InChI=1S/C60H36N6/c61-37-39-14-11-19-42(32-39)45-35-57(65-53-24-9-7-20-48(53)50-28-26-43(33-55(50)65)46-22-12-30-63-59(46)40-15-3-1-4-16-40)52(38-62)58(36-45)66-54-25-10-8-21-49(54)51-29-27-44(34-56(51)66)47-23-13-31-64-60(47)41-17-5-2-6-18-41/h1-36H. The lowest BCUT2D eigenvalue weighted by Gasteiger charge is -2.19. The Morgan fingerprint density at radius 2 is 0.803 bits per heavy atom. The molecule has 0 bridgehead atoms. The fraction of sp³-hybridized carbons (Fsp3) is 0. The number of pyridine rings is 2. The van der Waals surface area contributed by atoms with E-state index in [4.69, 9.17) is 9.97 Å². The van der Waals surface area contributed by atoms with Crippen molar-refractivity contribution in [3.63, 3.8) is 0 Å². The lowest BCUT2D eigenvalue weighted by atomic mass is 9.97. The van der Waals surface area contributed by atoms with Gasteiger partial charge in [0.15, 0.2) is 0 Å². The van der Waals surface area contributed by atoms with Gasteiger partial charge in [-0.15, -0.1) is 0 Å². The van der Waals surface area contributed by atoms with Crippen molar-refractivity contribution in [1.82, 2.24) is 19.1 Å². The molecular weight excluding hydrogens is 805 g/mol. The minimum atomic E-state index is 0.508. The minimum Gasteiger partial charge on any atom is -0.308 e. The lowest BCUT2D eigenvalue weighted by Crippen LogP contribution is -2.05. The van der Waals surface area contributed by atoms with E-state index in [0.717, 1.165) is 111 Å². The third kappa shape index (κ3) is 6.25. The zero-order chi connectivity index (χ0) is 44.1. The van der Waals surface area contributed by atoms with E-state index in [0.29, 0.717) is 11.1 Å². The van der Waals surface area contributed by atoms with Crippen molar-refractivity contribution in [3.8, 4) is 79.4 Å². The Balaban J connectivity index is 1.17. The van der Waals surface area contributed by atoms with E-state index >= 15 is 0 Å². The Bertz CT molecular complexity index is 3740. The van der Waals surface area contributed by atoms with E-state index in [2.05, 4.69) is 155 Å². The van der Waals surface area contributed by atoms with Crippen LogP contribution < -0.4 is 0 Å². The molecular formula is C60H36N6. The van der Waals surface area contributed by atoms with Crippen LogP contribution in [0.1, 0.15) is 11.1 Å². The molecule has 8 aromatic carbocycles. The molecule has 12 rings (SSSR count). The fourth-order valence-corrected chi connectivity index (χ4v) is 9.74. The van der Waals surface area contributed by atoms with Crippen molar-refractivity contribution >= 4 is 43.6 Å². The molecule has 0 unspecified atom stereocenters. The zero-order valence-electron chi connectivity index (χ0n) is 35.5. The summed E-state index contributed by atoms with van der Waals surface area (Å²) >= 11 is 0. The van der Waals surface area contributed by atoms with Crippen LogP contribution >= 0.6 is 0 Å². The molecule has 306 valence electrons. The van der Waals surface area contributed by atoms with Crippen molar-refractivity contribution in [2.24, 2.45) is 0 Å². The van der Waals surface area contributed by atoms with Gasteiger partial charge in [-0.1, -0.05) is 146 Å². The first-order chi connectivity index (χ1) is 32.7. The summed E-state index contributed by atoms with van der Waals surface area (Å²) in [4.78, 5) is 9.74. The largest absolute Gasteiger partial charge is 0.308 e. The average molecular weight is 841 g/mol. The summed E-state index contributed by atoms with van der Waals surface area (Å²) in [7, 11) is 0. The Kier molecular flexibility index (Phi) is 9.16. The van der Waals surface area contributed by atoms with E-state index < -0.39 is 0 Å².